The van der Waals surface area contributed by atoms with Gasteiger partial charge < -0.3 is 19.5 Å². The molecule has 1 aliphatic rings. The van der Waals surface area contributed by atoms with E-state index in [-0.39, 0.29) is 36.4 Å². The van der Waals surface area contributed by atoms with Crippen molar-refractivity contribution in [2.45, 2.75) is 33.0 Å². The summed E-state index contributed by atoms with van der Waals surface area (Å²) in [6, 6.07) is 11.3. The van der Waals surface area contributed by atoms with Gasteiger partial charge in [-0.2, -0.15) is 0 Å². The molecule has 1 unspecified atom stereocenters. The van der Waals surface area contributed by atoms with Crippen molar-refractivity contribution in [3.63, 3.8) is 0 Å². The van der Waals surface area contributed by atoms with E-state index in [1.54, 1.807) is 30.3 Å². The molecule has 9 nitrogen and oxygen atoms in total. The highest BCUT2D eigenvalue weighted by atomic mass is 35.5. The monoisotopic (exact) mass is 572 g/mol. The van der Waals surface area contributed by atoms with Crippen LogP contribution in [0, 0.1) is 11.3 Å². The number of nitrogens with one attached hydrogen (secondary N) is 1. The van der Waals surface area contributed by atoms with E-state index in [9.17, 15) is 23.1 Å². The molecule has 0 aromatic heterocycles. The summed E-state index contributed by atoms with van der Waals surface area (Å²) in [4.78, 5) is 25.9. The number of para-hydroxylation sites is 1. The third-order valence-corrected chi connectivity index (χ3v) is 7.25. The second kappa shape index (κ2) is 11.5. The first kappa shape index (κ1) is 29.0. The number of sulfonamides is 1. The van der Waals surface area contributed by atoms with E-state index < -0.39 is 40.1 Å². The van der Waals surface area contributed by atoms with Gasteiger partial charge in [-0.3, -0.25) is 4.79 Å². The van der Waals surface area contributed by atoms with Gasteiger partial charge in [-0.15, -0.1) is 0 Å². The Morgan fingerprint density at radius 3 is 2.41 bits per heavy atom. The van der Waals surface area contributed by atoms with Gasteiger partial charge in [0.05, 0.1) is 47.2 Å². The number of halogens is 2. The first-order chi connectivity index (χ1) is 17.2. The molecule has 1 fully saturated rings. The lowest BCUT2D eigenvalue weighted by atomic mass is 9.88. The Hall–Kier alpha value is -2.53. The van der Waals surface area contributed by atoms with Crippen molar-refractivity contribution in [2.75, 3.05) is 26.0 Å². The van der Waals surface area contributed by atoms with Crippen LogP contribution >= 0.6 is 23.2 Å². The molecule has 2 amide bonds. The van der Waals surface area contributed by atoms with Crippen LogP contribution in [0.3, 0.4) is 0 Å². The topological polar surface area (TPSA) is 122 Å². The molecule has 12 heteroatoms. The molecule has 2 aromatic rings. The predicted molar refractivity (Wildman–Crippen MR) is 141 cm³/mol. The number of benzene rings is 2. The minimum Gasteiger partial charge on any atom is -0.492 e. The first-order valence-electron chi connectivity index (χ1n) is 11.5. The van der Waals surface area contributed by atoms with Gasteiger partial charge in [0, 0.05) is 12.5 Å². The van der Waals surface area contributed by atoms with Crippen LogP contribution in [0.15, 0.2) is 42.5 Å². The van der Waals surface area contributed by atoms with Crippen LogP contribution in [0.5, 0.6) is 5.75 Å². The number of carboxylic acid groups (broad SMARTS) is 1. The Balaban J connectivity index is 1.98. The Bertz CT molecular complexity index is 1260. The van der Waals surface area contributed by atoms with Gasteiger partial charge in [0.15, 0.2) is 0 Å². The zero-order chi connectivity index (χ0) is 27.5. The highest BCUT2D eigenvalue weighted by Gasteiger charge is 2.40. The molecule has 1 heterocycles. The van der Waals surface area contributed by atoms with Gasteiger partial charge in [0.1, 0.15) is 5.75 Å². The highest BCUT2D eigenvalue weighted by molar-refractivity contribution is 7.89. The van der Waals surface area contributed by atoms with Gasteiger partial charge in [-0.25, -0.2) is 17.9 Å². The fourth-order valence-corrected chi connectivity index (χ4v) is 4.75. The lowest BCUT2D eigenvalue weighted by molar-refractivity contribution is -0.0815. The molecule has 0 bridgehead atoms. The van der Waals surface area contributed by atoms with Crippen LogP contribution < -0.4 is 9.46 Å². The van der Waals surface area contributed by atoms with Crippen molar-refractivity contribution < 1.29 is 32.6 Å². The molecule has 2 N–H and O–H groups in total. The molecule has 1 saturated heterocycles. The quantitative estimate of drug-likeness (QED) is 0.507. The molecular weight excluding hydrogens is 543 g/mol. The zero-order valence-electron chi connectivity index (χ0n) is 20.9. The van der Waals surface area contributed by atoms with E-state index in [4.69, 9.17) is 32.7 Å². The van der Waals surface area contributed by atoms with Crippen LogP contribution in [0.2, 0.25) is 10.0 Å². The van der Waals surface area contributed by atoms with E-state index in [1.807, 2.05) is 25.5 Å². The van der Waals surface area contributed by atoms with Crippen molar-refractivity contribution in [3.8, 4) is 5.75 Å². The summed E-state index contributed by atoms with van der Waals surface area (Å²) in [6.45, 7) is 6.12. The largest absolute Gasteiger partial charge is 0.492 e. The summed E-state index contributed by atoms with van der Waals surface area (Å²) in [7, 11) is -3.79. The SMILES string of the molecule is CC(C)(C)C1CN(C(=O)O)C[C@@H](COc2ccccc2C(=O)NS(C)(=O)=O)[C@H](c2ccc(Cl)c(Cl)c2)O1. The number of hydrogen-bond donors (Lipinski definition) is 2. The number of amides is 2. The second-order valence-electron chi connectivity index (χ2n) is 10.0. The van der Waals surface area contributed by atoms with Gasteiger partial charge in [0.25, 0.3) is 5.91 Å². The lowest BCUT2D eigenvalue weighted by Gasteiger charge is -2.34. The van der Waals surface area contributed by atoms with E-state index in [2.05, 4.69) is 0 Å². The standard InChI is InChI=1S/C25H30Cl2N2O7S/c1-25(2,3)21-13-29(24(31)32)12-16(22(36-21)15-9-10-18(26)19(27)11-15)14-35-20-8-6-5-7-17(20)23(30)28-37(4,33)34/h5-11,16,21-22H,12-14H2,1-4H3,(H,28,30)(H,31,32)/t16-,21?,22-/m0/s1. The Labute approximate surface area is 226 Å². The Morgan fingerprint density at radius 1 is 1.14 bits per heavy atom. The van der Waals surface area contributed by atoms with E-state index in [0.29, 0.717) is 15.6 Å². The van der Waals surface area contributed by atoms with Crippen molar-refractivity contribution in [3.05, 3.63) is 63.6 Å². The number of ether oxygens (including phenoxy) is 2. The van der Waals surface area contributed by atoms with Crippen LogP contribution in [0.4, 0.5) is 4.79 Å². The average molecular weight is 573 g/mol. The maximum Gasteiger partial charge on any atom is 0.407 e. The molecule has 0 spiro atoms. The summed E-state index contributed by atoms with van der Waals surface area (Å²) in [6.07, 6.45) is -1.27. The molecule has 3 atom stereocenters. The van der Waals surface area contributed by atoms with Crippen molar-refractivity contribution in [1.29, 1.82) is 0 Å². The number of rotatable bonds is 6. The predicted octanol–water partition coefficient (Wildman–Crippen LogP) is 4.84. The van der Waals surface area contributed by atoms with Gasteiger partial charge in [-0.05, 0) is 35.2 Å². The minimum atomic E-state index is -3.79. The number of carbonyl (C=O) groups is 2. The average Bonchev–Trinajstić information content (AvgIpc) is 2.99. The van der Waals surface area contributed by atoms with Crippen LogP contribution in [0.1, 0.15) is 42.8 Å². The van der Waals surface area contributed by atoms with Crippen molar-refractivity contribution in [2.24, 2.45) is 11.3 Å². The summed E-state index contributed by atoms with van der Waals surface area (Å²) < 4.78 is 37.6. The molecule has 3 rings (SSSR count). The molecule has 0 saturated carbocycles. The number of hydrogen-bond acceptors (Lipinski definition) is 6. The smallest absolute Gasteiger partial charge is 0.407 e. The summed E-state index contributed by atoms with van der Waals surface area (Å²) >= 11 is 12.4. The summed E-state index contributed by atoms with van der Waals surface area (Å²) in [5, 5.41) is 10.6. The maximum absolute atomic E-state index is 12.5. The van der Waals surface area contributed by atoms with Crippen molar-refractivity contribution >= 4 is 45.2 Å². The minimum absolute atomic E-state index is 0.0243. The fraction of sp³-hybridized carbons (Fsp3) is 0.440. The number of carbonyl (C=O) groups excluding carboxylic acids is 1. The fourth-order valence-electron chi connectivity index (χ4n) is 4.00. The molecule has 202 valence electrons. The van der Waals surface area contributed by atoms with E-state index in [1.165, 1.54) is 17.0 Å². The normalized spacial score (nSPS) is 20.7. The van der Waals surface area contributed by atoms with Gasteiger partial charge in [-0.1, -0.05) is 62.2 Å². The molecule has 37 heavy (non-hydrogen) atoms. The summed E-state index contributed by atoms with van der Waals surface area (Å²) in [5.41, 5.74) is 0.345. The summed E-state index contributed by atoms with van der Waals surface area (Å²) in [5.74, 6) is -1.20. The Kier molecular flexibility index (Phi) is 9.00. The van der Waals surface area contributed by atoms with Crippen LogP contribution in [0.25, 0.3) is 0 Å². The first-order valence-corrected chi connectivity index (χ1v) is 14.1. The third-order valence-electron chi connectivity index (χ3n) is 5.95. The van der Waals surface area contributed by atoms with Crippen LogP contribution in [-0.4, -0.2) is 62.5 Å². The molecular formula is C25H30Cl2N2O7S. The highest BCUT2D eigenvalue weighted by Crippen LogP contribution is 2.39. The lowest BCUT2D eigenvalue weighted by Crippen LogP contribution is -2.42. The molecule has 0 radical (unpaired) electrons. The van der Waals surface area contributed by atoms with Crippen molar-refractivity contribution in [1.82, 2.24) is 9.62 Å². The third kappa shape index (κ3) is 7.73. The van der Waals surface area contributed by atoms with E-state index in [0.717, 1.165) is 6.26 Å². The van der Waals surface area contributed by atoms with E-state index >= 15 is 0 Å². The maximum atomic E-state index is 12.5. The van der Waals surface area contributed by atoms with Gasteiger partial charge in [0.2, 0.25) is 10.0 Å². The molecule has 1 aliphatic heterocycles. The van der Waals surface area contributed by atoms with Crippen LogP contribution in [-0.2, 0) is 14.8 Å². The number of nitrogens with zero attached hydrogens (tertiary/aromatic N) is 1. The molecule has 2 aromatic carbocycles. The second-order valence-corrected chi connectivity index (χ2v) is 12.6. The molecule has 0 aliphatic carbocycles. The zero-order valence-corrected chi connectivity index (χ0v) is 23.2. The van der Waals surface area contributed by atoms with Gasteiger partial charge >= 0.3 is 6.09 Å². The Morgan fingerprint density at radius 2 is 1.81 bits per heavy atom.